The second-order valence-corrected chi connectivity index (χ2v) is 5.74. The van der Waals surface area contributed by atoms with Crippen LogP contribution in [-0.4, -0.2) is 31.1 Å². The fourth-order valence-corrected chi connectivity index (χ4v) is 2.28. The summed E-state index contributed by atoms with van der Waals surface area (Å²) < 4.78 is 0. The molecule has 0 N–H and O–H groups in total. The number of nitrogens with zero attached hydrogens (tertiary/aromatic N) is 2. The smallest absolute Gasteiger partial charge is 0.0409 e. The number of likely N-dealkylation sites (N-methyl/N-ethyl adjacent to an activating group) is 1. The molecule has 1 aromatic carbocycles. The quantitative estimate of drug-likeness (QED) is 0.688. The van der Waals surface area contributed by atoms with Gasteiger partial charge in [0.15, 0.2) is 0 Å². The van der Waals surface area contributed by atoms with E-state index in [2.05, 4.69) is 56.2 Å². The first-order valence-corrected chi connectivity index (χ1v) is 7.81. The molecule has 20 heavy (non-hydrogen) atoms. The van der Waals surface area contributed by atoms with Gasteiger partial charge in [-0.05, 0) is 43.3 Å². The summed E-state index contributed by atoms with van der Waals surface area (Å²) in [6.45, 7) is 17.2. The minimum atomic E-state index is 0.433. The molecular weight excluding hydrogens is 268 g/mol. The summed E-state index contributed by atoms with van der Waals surface area (Å²) in [5.41, 5.74) is 2.32. The summed E-state index contributed by atoms with van der Waals surface area (Å²) in [5.74, 6) is 0.433. The fourth-order valence-electron chi connectivity index (χ4n) is 2.15. The van der Waals surface area contributed by atoms with E-state index >= 15 is 0 Å². The van der Waals surface area contributed by atoms with E-state index in [-0.39, 0.29) is 0 Å². The Bertz CT molecular complexity index is 408. The number of hydrogen-bond acceptors (Lipinski definition) is 2. The van der Waals surface area contributed by atoms with Gasteiger partial charge in [-0.3, -0.25) is 0 Å². The molecule has 0 heterocycles. The molecule has 1 aromatic rings. The van der Waals surface area contributed by atoms with E-state index in [1.807, 2.05) is 12.1 Å². The Morgan fingerprint density at radius 3 is 2.10 bits per heavy atom. The Hall–Kier alpha value is -0.990. The van der Waals surface area contributed by atoms with Gasteiger partial charge in [-0.15, -0.1) is 0 Å². The summed E-state index contributed by atoms with van der Waals surface area (Å²) in [4.78, 5) is 4.73. The molecule has 0 radical (unpaired) electrons. The van der Waals surface area contributed by atoms with Gasteiger partial charge in [-0.25, -0.2) is 0 Å². The molecule has 0 unspecified atom stereocenters. The van der Waals surface area contributed by atoms with E-state index in [1.54, 1.807) is 0 Å². The molecule has 112 valence electrons. The normalized spacial score (nSPS) is 11.2. The van der Waals surface area contributed by atoms with Crippen molar-refractivity contribution in [2.75, 3.05) is 31.1 Å². The van der Waals surface area contributed by atoms with Crippen molar-refractivity contribution >= 4 is 17.3 Å². The van der Waals surface area contributed by atoms with Gasteiger partial charge in [0.1, 0.15) is 0 Å². The molecule has 0 aliphatic carbocycles. The standard InChI is InChI=1S/C17H27ClN2/c1-6-19(7-2)12-13-20(15(5)14(3)4)17-10-8-16(18)9-11-17/h8-11,14H,5-7,12-13H2,1-4H3. The van der Waals surface area contributed by atoms with Crippen LogP contribution in [0.4, 0.5) is 5.69 Å². The zero-order chi connectivity index (χ0) is 15.1. The van der Waals surface area contributed by atoms with Crippen molar-refractivity contribution in [2.45, 2.75) is 27.7 Å². The zero-order valence-corrected chi connectivity index (χ0v) is 14.0. The SMILES string of the molecule is C=C(C(C)C)N(CCN(CC)CC)c1ccc(Cl)cc1. The lowest BCUT2D eigenvalue weighted by Crippen LogP contribution is -2.35. The summed E-state index contributed by atoms with van der Waals surface area (Å²) in [7, 11) is 0. The maximum Gasteiger partial charge on any atom is 0.0409 e. The Morgan fingerprint density at radius 1 is 1.10 bits per heavy atom. The van der Waals surface area contributed by atoms with Gasteiger partial charge in [0.25, 0.3) is 0 Å². The molecule has 0 saturated heterocycles. The molecule has 0 aliphatic heterocycles. The fraction of sp³-hybridized carbons (Fsp3) is 0.529. The topological polar surface area (TPSA) is 6.48 Å². The number of halogens is 1. The summed E-state index contributed by atoms with van der Waals surface area (Å²) in [6.07, 6.45) is 0. The highest BCUT2D eigenvalue weighted by molar-refractivity contribution is 6.30. The van der Waals surface area contributed by atoms with E-state index in [0.717, 1.165) is 36.9 Å². The van der Waals surface area contributed by atoms with Crippen LogP contribution in [0, 0.1) is 5.92 Å². The second kappa shape index (κ2) is 8.33. The van der Waals surface area contributed by atoms with Gasteiger partial charge in [0.2, 0.25) is 0 Å². The Morgan fingerprint density at radius 2 is 1.65 bits per heavy atom. The summed E-state index contributed by atoms with van der Waals surface area (Å²) >= 11 is 5.98. The van der Waals surface area contributed by atoms with Crippen LogP contribution in [0.25, 0.3) is 0 Å². The molecule has 0 aromatic heterocycles. The van der Waals surface area contributed by atoms with Crippen LogP contribution in [0.3, 0.4) is 0 Å². The lowest BCUT2D eigenvalue weighted by Gasteiger charge is -2.31. The molecule has 0 spiro atoms. The number of hydrogen-bond donors (Lipinski definition) is 0. The van der Waals surface area contributed by atoms with E-state index in [9.17, 15) is 0 Å². The Labute approximate surface area is 129 Å². The van der Waals surface area contributed by atoms with E-state index in [4.69, 9.17) is 11.6 Å². The highest BCUT2D eigenvalue weighted by Gasteiger charge is 2.14. The van der Waals surface area contributed by atoms with E-state index in [1.165, 1.54) is 5.69 Å². The van der Waals surface area contributed by atoms with Gasteiger partial charge >= 0.3 is 0 Å². The maximum atomic E-state index is 5.98. The predicted octanol–water partition coefficient (Wildman–Crippen LogP) is 4.66. The first kappa shape index (κ1) is 17.1. The monoisotopic (exact) mass is 294 g/mol. The summed E-state index contributed by atoms with van der Waals surface area (Å²) in [6, 6.07) is 8.01. The zero-order valence-electron chi connectivity index (χ0n) is 13.2. The van der Waals surface area contributed by atoms with Gasteiger partial charge < -0.3 is 9.80 Å². The minimum absolute atomic E-state index is 0.433. The van der Waals surface area contributed by atoms with Gasteiger partial charge in [-0.2, -0.15) is 0 Å². The predicted molar refractivity (Wildman–Crippen MR) is 90.6 cm³/mol. The van der Waals surface area contributed by atoms with Crippen molar-refractivity contribution in [3.63, 3.8) is 0 Å². The van der Waals surface area contributed by atoms with Crippen molar-refractivity contribution in [2.24, 2.45) is 5.92 Å². The van der Waals surface area contributed by atoms with Crippen LogP contribution >= 0.6 is 11.6 Å². The van der Waals surface area contributed by atoms with Crippen LogP contribution in [0.1, 0.15) is 27.7 Å². The number of anilines is 1. The average molecular weight is 295 g/mol. The third-order valence-corrected chi connectivity index (χ3v) is 3.94. The molecule has 0 bridgehead atoms. The molecule has 3 heteroatoms. The third kappa shape index (κ3) is 4.84. The Balaban J connectivity index is 2.85. The highest BCUT2D eigenvalue weighted by atomic mass is 35.5. The van der Waals surface area contributed by atoms with Crippen molar-refractivity contribution in [1.29, 1.82) is 0 Å². The molecular formula is C17H27ClN2. The average Bonchev–Trinajstić information content (AvgIpc) is 2.44. The van der Waals surface area contributed by atoms with Gasteiger partial charge in [0.05, 0.1) is 0 Å². The Kier molecular flexibility index (Phi) is 7.11. The molecule has 0 amide bonds. The molecule has 2 nitrogen and oxygen atoms in total. The van der Waals surface area contributed by atoms with Crippen LogP contribution in [0.2, 0.25) is 5.02 Å². The van der Waals surface area contributed by atoms with Crippen LogP contribution in [0.5, 0.6) is 0 Å². The van der Waals surface area contributed by atoms with Gasteiger partial charge in [-0.1, -0.05) is 45.9 Å². The third-order valence-electron chi connectivity index (χ3n) is 3.69. The van der Waals surface area contributed by atoms with Crippen LogP contribution in [0.15, 0.2) is 36.5 Å². The first-order valence-electron chi connectivity index (χ1n) is 7.43. The lowest BCUT2D eigenvalue weighted by molar-refractivity contribution is 0.310. The number of allylic oxidation sites excluding steroid dienone is 1. The van der Waals surface area contributed by atoms with Crippen molar-refractivity contribution < 1.29 is 0 Å². The number of rotatable bonds is 8. The summed E-state index contributed by atoms with van der Waals surface area (Å²) in [5, 5.41) is 0.771. The molecule has 0 fully saturated rings. The van der Waals surface area contributed by atoms with Crippen LogP contribution < -0.4 is 4.90 Å². The van der Waals surface area contributed by atoms with Crippen LogP contribution in [-0.2, 0) is 0 Å². The highest BCUT2D eigenvalue weighted by Crippen LogP contribution is 2.24. The van der Waals surface area contributed by atoms with Crippen molar-refractivity contribution in [3.05, 3.63) is 41.6 Å². The molecule has 0 atom stereocenters. The van der Waals surface area contributed by atoms with E-state index in [0.29, 0.717) is 5.92 Å². The molecule has 1 rings (SSSR count). The second-order valence-electron chi connectivity index (χ2n) is 5.30. The van der Waals surface area contributed by atoms with Crippen molar-refractivity contribution in [3.8, 4) is 0 Å². The first-order chi connectivity index (χ1) is 9.49. The van der Waals surface area contributed by atoms with Crippen molar-refractivity contribution in [1.82, 2.24) is 4.90 Å². The molecule has 0 saturated carbocycles. The van der Waals surface area contributed by atoms with E-state index < -0.39 is 0 Å². The number of benzene rings is 1. The van der Waals surface area contributed by atoms with Gasteiger partial charge in [0, 0.05) is 29.5 Å². The largest absolute Gasteiger partial charge is 0.344 e. The maximum absolute atomic E-state index is 5.98. The minimum Gasteiger partial charge on any atom is -0.344 e. The lowest BCUT2D eigenvalue weighted by atomic mass is 10.1. The molecule has 0 aliphatic rings.